The lowest BCUT2D eigenvalue weighted by Crippen LogP contribution is -2.53. The van der Waals surface area contributed by atoms with E-state index in [0.29, 0.717) is 31.8 Å². The molecule has 0 N–H and O–H groups in total. The average molecular weight is 316 g/mol. The van der Waals surface area contributed by atoms with Crippen molar-refractivity contribution in [3.63, 3.8) is 0 Å². The summed E-state index contributed by atoms with van der Waals surface area (Å²) >= 11 is 12.2. The molecule has 19 heavy (non-hydrogen) atoms. The molecule has 0 radical (unpaired) electrons. The predicted octanol–water partition coefficient (Wildman–Crippen LogP) is 2.82. The first-order chi connectivity index (χ1) is 8.78. The summed E-state index contributed by atoms with van der Waals surface area (Å²) in [6.45, 7) is 5.80. The zero-order valence-electron chi connectivity index (χ0n) is 11.3. The average Bonchev–Trinajstić information content (AvgIpc) is 2.34. The number of nitriles is 1. The molecule has 0 spiro atoms. The third kappa shape index (κ3) is 2.05. The van der Waals surface area contributed by atoms with Crippen LogP contribution in [0.2, 0.25) is 10.0 Å². The van der Waals surface area contributed by atoms with Crippen molar-refractivity contribution in [3.8, 4) is 11.8 Å². The summed E-state index contributed by atoms with van der Waals surface area (Å²) in [6.07, 6.45) is 0. The van der Waals surface area contributed by atoms with Crippen LogP contribution in [0.5, 0.6) is 5.75 Å². The van der Waals surface area contributed by atoms with Gasteiger partial charge >= 0.3 is 0 Å². The first kappa shape index (κ1) is 14.7. The molecule has 2 atom stereocenters. The van der Waals surface area contributed by atoms with E-state index in [-0.39, 0.29) is 5.92 Å². The van der Waals surface area contributed by atoms with Crippen LogP contribution in [0, 0.1) is 17.2 Å². The Morgan fingerprint density at radius 3 is 2.58 bits per heavy atom. The van der Waals surface area contributed by atoms with E-state index in [1.54, 1.807) is 12.1 Å². The summed E-state index contributed by atoms with van der Waals surface area (Å²) < 4.78 is 11.7. The van der Waals surface area contributed by atoms with E-state index < -0.39 is 11.2 Å². The van der Waals surface area contributed by atoms with Crippen LogP contribution in [-0.4, -0.2) is 16.1 Å². The molecule has 1 aliphatic rings. The van der Waals surface area contributed by atoms with Crippen molar-refractivity contribution in [2.45, 2.75) is 32.0 Å². The normalized spacial score (nSPS) is 28.3. The van der Waals surface area contributed by atoms with Gasteiger partial charge in [-0.2, -0.15) is 5.26 Å². The van der Waals surface area contributed by atoms with Gasteiger partial charge in [0.1, 0.15) is 27.9 Å². The molecule has 0 amide bonds. The molecule has 0 saturated heterocycles. The number of fused-ring (bicyclic) bond motifs is 1. The number of ether oxygens (including phenoxy) is 1. The molecule has 1 aliphatic heterocycles. The Kier molecular flexibility index (Phi) is 3.61. The molecule has 6 heteroatoms. The fraction of sp³-hybridized carbons (Fsp3) is 0.462. The van der Waals surface area contributed by atoms with Crippen molar-refractivity contribution in [2.24, 2.45) is 5.92 Å². The maximum atomic E-state index is 9.68. The molecule has 2 unspecified atom stereocenters. The SMILES string of the molecule is CC1C(C)(C)Oc2c(Cl)cc(Cl)cc2C1(C#N)O[SiH3]. The Hall–Kier alpha value is -0.733. The summed E-state index contributed by atoms with van der Waals surface area (Å²) in [5, 5.41) is 10.6. The minimum Gasteiger partial charge on any atom is -0.485 e. The van der Waals surface area contributed by atoms with Gasteiger partial charge in [0.2, 0.25) is 0 Å². The zero-order valence-corrected chi connectivity index (χ0v) is 14.8. The Labute approximate surface area is 126 Å². The van der Waals surface area contributed by atoms with Gasteiger partial charge in [-0.25, -0.2) is 0 Å². The molecule has 1 aromatic carbocycles. The number of nitrogens with zero attached hydrogens (tertiary/aromatic N) is 1. The maximum Gasteiger partial charge on any atom is 0.179 e. The zero-order chi connectivity index (χ0) is 14.4. The first-order valence-electron chi connectivity index (χ1n) is 5.93. The lowest BCUT2D eigenvalue weighted by atomic mass is 9.72. The van der Waals surface area contributed by atoms with E-state index in [4.69, 9.17) is 32.4 Å². The highest BCUT2D eigenvalue weighted by molar-refractivity contribution is 6.35. The molecule has 2 rings (SSSR count). The lowest BCUT2D eigenvalue weighted by Gasteiger charge is -2.47. The second-order valence-electron chi connectivity index (χ2n) is 5.24. The molecule has 0 aliphatic carbocycles. The number of hydrogen-bond acceptors (Lipinski definition) is 3. The molecule has 102 valence electrons. The van der Waals surface area contributed by atoms with Crippen LogP contribution in [-0.2, 0) is 10.0 Å². The van der Waals surface area contributed by atoms with Crippen LogP contribution >= 0.6 is 23.2 Å². The van der Waals surface area contributed by atoms with Gasteiger partial charge in [-0.15, -0.1) is 0 Å². The Bertz CT molecular complexity index is 570. The summed E-state index contributed by atoms with van der Waals surface area (Å²) in [7, 11) is 0.431. The highest BCUT2D eigenvalue weighted by Crippen LogP contribution is 2.52. The number of benzene rings is 1. The largest absolute Gasteiger partial charge is 0.485 e. The third-order valence-electron chi connectivity index (χ3n) is 3.91. The van der Waals surface area contributed by atoms with Crippen molar-refractivity contribution < 1.29 is 9.16 Å². The van der Waals surface area contributed by atoms with E-state index in [1.165, 1.54) is 0 Å². The van der Waals surface area contributed by atoms with E-state index in [1.807, 2.05) is 20.8 Å². The van der Waals surface area contributed by atoms with Gasteiger partial charge in [-0.05, 0) is 26.0 Å². The van der Waals surface area contributed by atoms with Gasteiger partial charge in [-0.1, -0.05) is 30.1 Å². The summed E-state index contributed by atoms with van der Waals surface area (Å²) in [5.41, 5.74) is -0.989. The Morgan fingerprint density at radius 2 is 2.05 bits per heavy atom. The van der Waals surface area contributed by atoms with Gasteiger partial charge in [0.25, 0.3) is 0 Å². The number of hydrogen-bond donors (Lipinski definition) is 0. The molecule has 0 fully saturated rings. The molecule has 1 aromatic rings. The van der Waals surface area contributed by atoms with Crippen molar-refractivity contribution in [1.29, 1.82) is 5.26 Å². The summed E-state index contributed by atoms with van der Waals surface area (Å²) in [4.78, 5) is 0. The summed E-state index contributed by atoms with van der Waals surface area (Å²) in [5.74, 6) is 0.344. The van der Waals surface area contributed by atoms with Gasteiger partial charge in [-0.3, -0.25) is 0 Å². The Morgan fingerprint density at radius 1 is 1.42 bits per heavy atom. The van der Waals surface area contributed by atoms with E-state index in [9.17, 15) is 5.26 Å². The molecular weight excluding hydrogens is 301 g/mol. The number of halogens is 2. The van der Waals surface area contributed by atoms with E-state index in [2.05, 4.69) is 6.07 Å². The van der Waals surface area contributed by atoms with Crippen LogP contribution in [0.4, 0.5) is 0 Å². The van der Waals surface area contributed by atoms with Gasteiger partial charge in [0.15, 0.2) is 5.60 Å². The highest BCUT2D eigenvalue weighted by atomic mass is 35.5. The van der Waals surface area contributed by atoms with Crippen LogP contribution in [0.15, 0.2) is 12.1 Å². The fourth-order valence-corrected chi connectivity index (χ4v) is 3.70. The Balaban J connectivity index is 2.80. The lowest BCUT2D eigenvalue weighted by molar-refractivity contribution is -0.0684. The van der Waals surface area contributed by atoms with Gasteiger partial charge in [0, 0.05) is 16.5 Å². The number of rotatable bonds is 1. The third-order valence-corrected chi connectivity index (χ3v) is 5.06. The minimum atomic E-state index is -1.06. The van der Waals surface area contributed by atoms with Crippen LogP contribution < -0.4 is 4.74 Å². The van der Waals surface area contributed by atoms with E-state index >= 15 is 0 Å². The van der Waals surface area contributed by atoms with Crippen molar-refractivity contribution in [3.05, 3.63) is 27.7 Å². The standard InChI is InChI=1S/C13H15Cl2NO2Si/c1-7-12(2,3)17-11-9(13(7,6-16)18-19)4-8(14)5-10(11)15/h4-5,7H,1-3,19H3. The molecule has 1 heterocycles. The first-order valence-corrected chi connectivity index (χ1v) is 7.50. The minimum absolute atomic E-state index is 0.149. The second kappa shape index (κ2) is 4.67. The van der Waals surface area contributed by atoms with Crippen molar-refractivity contribution in [1.82, 2.24) is 0 Å². The van der Waals surface area contributed by atoms with Crippen LogP contribution in [0.3, 0.4) is 0 Å². The van der Waals surface area contributed by atoms with Crippen molar-refractivity contribution >= 4 is 33.7 Å². The molecular formula is C13H15Cl2NO2Si. The quantitative estimate of drug-likeness (QED) is 0.748. The second-order valence-corrected chi connectivity index (χ2v) is 6.49. The predicted molar refractivity (Wildman–Crippen MR) is 78.6 cm³/mol. The van der Waals surface area contributed by atoms with Gasteiger partial charge in [0.05, 0.1) is 5.02 Å². The molecule has 0 saturated carbocycles. The van der Waals surface area contributed by atoms with Crippen molar-refractivity contribution in [2.75, 3.05) is 0 Å². The molecule has 3 nitrogen and oxygen atoms in total. The maximum absolute atomic E-state index is 9.68. The molecule has 0 aromatic heterocycles. The van der Waals surface area contributed by atoms with E-state index in [0.717, 1.165) is 0 Å². The smallest absolute Gasteiger partial charge is 0.179 e. The topological polar surface area (TPSA) is 42.2 Å². The summed E-state index contributed by atoms with van der Waals surface area (Å²) in [6, 6.07) is 5.62. The van der Waals surface area contributed by atoms with Crippen LogP contribution in [0.25, 0.3) is 0 Å². The molecule has 0 bridgehead atoms. The monoisotopic (exact) mass is 315 g/mol. The van der Waals surface area contributed by atoms with Crippen LogP contribution in [0.1, 0.15) is 26.3 Å². The van der Waals surface area contributed by atoms with Gasteiger partial charge < -0.3 is 9.16 Å². The highest BCUT2D eigenvalue weighted by Gasteiger charge is 2.53. The fourth-order valence-electron chi connectivity index (χ4n) is 2.50.